The highest BCUT2D eigenvalue weighted by atomic mass is 16.5. The number of aromatic nitrogens is 1. The van der Waals surface area contributed by atoms with E-state index < -0.39 is 0 Å². The van der Waals surface area contributed by atoms with Gasteiger partial charge >= 0.3 is 5.97 Å². The zero-order valence-corrected chi connectivity index (χ0v) is 10.5. The summed E-state index contributed by atoms with van der Waals surface area (Å²) in [4.78, 5) is 15.6. The molecule has 1 rings (SSSR count). The van der Waals surface area contributed by atoms with Crippen LogP contribution in [0, 0.1) is 5.92 Å². The fourth-order valence-electron chi connectivity index (χ4n) is 1.55. The van der Waals surface area contributed by atoms with Crippen molar-refractivity contribution in [2.45, 2.75) is 33.1 Å². The normalized spacial score (nSPS) is 12.1. The molecule has 1 atom stereocenters. The zero-order chi connectivity index (χ0) is 12.7. The number of hydrogen-bond donors (Lipinski definition) is 1. The number of pyridine rings is 1. The molecule has 0 radical (unpaired) electrons. The van der Waals surface area contributed by atoms with Gasteiger partial charge in [-0.3, -0.25) is 9.78 Å². The monoisotopic (exact) mass is 236 g/mol. The van der Waals surface area contributed by atoms with Crippen LogP contribution in [0.25, 0.3) is 0 Å². The van der Waals surface area contributed by atoms with E-state index >= 15 is 0 Å². The van der Waals surface area contributed by atoms with Crippen LogP contribution in [0.5, 0.6) is 0 Å². The summed E-state index contributed by atoms with van der Waals surface area (Å²) in [5.74, 6) is 0.188. The number of anilines is 1. The number of nitrogens with two attached hydrogens (primary N) is 1. The van der Waals surface area contributed by atoms with Gasteiger partial charge in [-0.15, -0.1) is 0 Å². The minimum atomic E-state index is -0.231. The standard InChI is InChI=1S/C13H20N2O2/c1-3-4-10(2)9-17-13(16)7-12-6-5-11(14)8-15-12/h5-6,8,10H,3-4,7,9,14H2,1-2H3. The number of ether oxygens (including phenoxy) is 1. The lowest BCUT2D eigenvalue weighted by atomic mass is 10.1. The molecule has 0 bridgehead atoms. The van der Waals surface area contributed by atoms with Gasteiger partial charge in [0, 0.05) is 0 Å². The highest BCUT2D eigenvalue weighted by Gasteiger charge is 2.08. The van der Waals surface area contributed by atoms with Crippen molar-refractivity contribution in [3.8, 4) is 0 Å². The minimum absolute atomic E-state index is 0.207. The Labute approximate surface area is 102 Å². The number of carbonyl (C=O) groups excluding carboxylic acids is 1. The third-order valence-electron chi connectivity index (χ3n) is 2.48. The van der Waals surface area contributed by atoms with E-state index in [2.05, 4.69) is 18.8 Å². The molecule has 0 spiro atoms. The first kappa shape index (κ1) is 13.5. The molecule has 2 N–H and O–H groups in total. The summed E-state index contributed by atoms with van der Waals surface area (Å²) in [7, 11) is 0. The van der Waals surface area contributed by atoms with Crippen molar-refractivity contribution in [3.63, 3.8) is 0 Å². The van der Waals surface area contributed by atoms with Crippen molar-refractivity contribution in [1.29, 1.82) is 0 Å². The first-order valence-electron chi connectivity index (χ1n) is 5.97. The van der Waals surface area contributed by atoms with E-state index in [0.29, 0.717) is 23.9 Å². The highest BCUT2D eigenvalue weighted by molar-refractivity contribution is 5.72. The van der Waals surface area contributed by atoms with E-state index in [0.717, 1.165) is 12.8 Å². The molecule has 0 aliphatic rings. The van der Waals surface area contributed by atoms with Crippen LogP contribution in [0.1, 0.15) is 32.4 Å². The summed E-state index contributed by atoms with van der Waals surface area (Å²) in [6.07, 6.45) is 3.94. The van der Waals surface area contributed by atoms with E-state index in [1.54, 1.807) is 18.3 Å². The maximum atomic E-state index is 11.5. The lowest BCUT2D eigenvalue weighted by Gasteiger charge is -2.10. The molecule has 17 heavy (non-hydrogen) atoms. The van der Waals surface area contributed by atoms with Crippen LogP contribution in [-0.2, 0) is 16.0 Å². The molecule has 0 saturated carbocycles. The first-order valence-corrected chi connectivity index (χ1v) is 5.97. The van der Waals surface area contributed by atoms with E-state index in [1.807, 2.05) is 0 Å². The maximum absolute atomic E-state index is 11.5. The van der Waals surface area contributed by atoms with Crippen LogP contribution in [0.3, 0.4) is 0 Å². The number of nitrogens with zero attached hydrogens (tertiary/aromatic N) is 1. The Morgan fingerprint density at radius 3 is 2.88 bits per heavy atom. The summed E-state index contributed by atoms with van der Waals surface area (Å²) in [5.41, 5.74) is 6.79. The predicted octanol–water partition coefficient (Wildman–Crippen LogP) is 2.19. The van der Waals surface area contributed by atoms with Gasteiger partial charge in [0.15, 0.2) is 0 Å². The molecule has 1 unspecified atom stereocenters. The molecule has 0 amide bonds. The summed E-state index contributed by atoms with van der Waals surface area (Å²) in [6.45, 7) is 4.69. The van der Waals surface area contributed by atoms with Crippen molar-refractivity contribution in [2.24, 2.45) is 5.92 Å². The third-order valence-corrected chi connectivity index (χ3v) is 2.48. The Hall–Kier alpha value is -1.58. The van der Waals surface area contributed by atoms with Gasteiger partial charge < -0.3 is 10.5 Å². The van der Waals surface area contributed by atoms with Gasteiger partial charge in [-0.25, -0.2) is 0 Å². The largest absolute Gasteiger partial charge is 0.465 e. The van der Waals surface area contributed by atoms with Gasteiger partial charge in [-0.2, -0.15) is 0 Å². The molecule has 0 aliphatic heterocycles. The maximum Gasteiger partial charge on any atom is 0.311 e. The molecule has 0 fully saturated rings. The second kappa shape index (κ2) is 6.89. The molecular weight excluding hydrogens is 216 g/mol. The zero-order valence-electron chi connectivity index (χ0n) is 10.5. The molecule has 4 nitrogen and oxygen atoms in total. The Morgan fingerprint density at radius 1 is 1.53 bits per heavy atom. The molecule has 1 aromatic heterocycles. The third kappa shape index (κ3) is 5.33. The fourth-order valence-corrected chi connectivity index (χ4v) is 1.55. The van der Waals surface area contributed by atoms with Crippen LogP contribution in [0.15, 0.2) is 18.3 Å². The molecule has 1 heterocycles. The molecule has 4 heteroatoms. The molecule has 0 aliphatic carbocycles. The van der Waals surface area contributed by atoms with Gasteiger partial charge in [0.25, 0.3) is 0 Å². The van der Waals surface area contributed by atoms with Crippen LogP contribution in [-0.4, -0.2) is 17.6 Å². The Morgan fingerprint density at radius 2 is 2.29 bits per heavy atom. The van der Waals surface area contributed by atoms with Crippen LogP contribution in [0.4, 0.5) is 5.69 Å². The molecule has 0 saturated heterocycles. The van der Waals surface area contributed by atoms with E-state index in [9.17, 15) is 4.79 Å². The van der Waals surface area contributed by atoms with Crippen molar-refractivity contribution in [2.75, 3.05) is 12.3 Å². The molecule has 1 aromatic rings. The number of esters is 1. The van der Waals surface area contributed by atoms with Crippen molar-refractivity contribution in [3.05, 3.63) is 24.0 Å². The SMILES string of the molecule is CCCC(C)COC(=O)Cc1ccc(N)cn1. The van der Waals surface area contributed by atoms with Gasteiger partial charge in [0.2, 0.25) is 0 Å². The lowest BCUT2D eigenvalue weighted by molar-refractivity contribution is -0.144. The number of rotatable bonds is 6. The topological polar surface area (TPSA) is 65.2 Å². The molecule has 0 aromatic carbocycles. The average Bonchev–Trinajstić information content (AvgIpc) is 2.30. The summed E-state index contributed by atoms with van der Waals surface area (Å²) < 4.78 is 5.18. The van der Waals surface area contributed by atoms with Crippen molar-refractivity contribution < 1.29 is 9.53 Å². The van der Waals surface area contributed by atoms with Gasteiger partial charge in [0.1, 0.15) is 0 Å². The number of hydrogen-bond acceptors (Lipinski definition) is 4. The van der Waals surface area contributed by atoms with Gasteiger partial charge in [0.05, 0.1) is 30.6 Å². The van der Waals surface area contributed by atoms with E-state index in [-0.39, 0.29) is 12.4 Å². The quantitative estimate of drug-likeness (QED) is 0.769. The van der Waals surface area contributed by atoms with Crippen molar-refractivity contribution in [1.82, 2.24) is 4.98 Å². The Balaban J connectivity index is 2.32. The average molecular weight is 236 g/mol. The second-order valence-electron chi connectivity index (χ2n) is 4.34. The van der Waals surface area contributed by atoms with E-state index in [4.69, 9.17) is 10.5 Å². The smallest absolute Gasteiger partial charge is 0.311 e. The highest BCUT2D eigenvalue weighted by Crippen LogP contribution is 2.07. The van der Waals surface area contributed by atoms with Gasteiger partial charge in [-0.1, -0.05) is 20.3 Å². The Kier molecular flexibility index (Phi) is 5.46. The van der Waals surface area contributed by atoms with E-state index in [1.165, 1.54) is 0 Å². The van der Waals surface area contributed by atoms with Gasteiger partial charge in [-0.05, 0) is 24.5 Å². The van der Waals surface area contributed by atoms with Crippen LogP contribution >= 0.6 is 0 Å². The first-order chi connectivity index (χ1) is 8.11. The summed E-state index contributed by atoms with van der Waals surface area (Å²) in [6, 6.07) is 3.47. The van der Waals surface area contributed by atoms with Crippen LogP contribution in [0.2, 0.25) is 0 Å². The molecule has 94 valence electrons. The number of carbonyl (C=O) groups is 1. The minimum Gasteiger partial charge on any atom is -0.465 e. The second-order valence-corrected chi connectivity index (χ2v) is 4.34. The Bertz CT molecular complexity index is 349. The summed E-state index contributed by atoms with van der Waals surface area (Å²) in [5, 5.41) is 0. The summed E-state index contributed by atoms with van der Waals surface area (Å²) >= 11 is 0. The van der Waals surface area contributed by atoms with Crippen LogP contribution < -0.4 is 5.73 Å². The number of nitrogen functional groups attached to an aromatic ring is 1. The lowest BCUT2D eigenvalue weighted by Crippen LogP contribution is -2.14. The molecular formula is C13H20N2O2. The predicted molar refractivity (Wildman–Crippen MR) is 67.4 cm³/mol. The van der Waals surface area contributed by atoms with Crippen molar-refractivity contribution >= 4 is 11.7 Å². The fraction of sp³-hybridized carbons (Fsp3) is 0.538.